The quantitative estimate of drug-likeness (QED) is 0.625. The summed E-state index contributed by atoms with van der Waals surface area (Å²) in [6, 6.07) is -0.355. The van der Waals surface area contributed by atoms with Gasteiger partial charge in [-0.15, -0.1) is 0 Å². The minimum absolute atomic E-state index is 0.355. The highest BCUT2D eigenvalue weighted by atomic mass is 16.4. The van der Waals surface area contributed by atoms with Crippen molar-refractivity contribution >= 4 is 6.09 Å². The number of rotatable bonds is 1. The molecule has 1 heterocycles. The van der Waals surface area contributed by atoms with Crippen LogP contribution in [-0.4, -0.2) is 51.5 Å². The summed E-state index contributed by atoms with van der Waals surface area (Å²) in [5.74, 6) is 0. The lowest BCUT2D eigenvalue weighted by molar-refractivity contribution is -0.0667. The first-order valence-corrected chi connectivity index (χ1v) is 5.61. The first-order chi connectivity index (χ1) is 7.16. The Morgan fingerprint density at radius 1 is 1.50 bits per heavy atom. The number of carboxylic acid groups (broad SMARTS) is 1. The zero-order valence-electron chi connectivity index (χ0n) is 10.4. The van der Waals surface area contributed by atoms with Gasteiger partial charge in [0.1, 0.15) is 0 Å². The van der Waals surface area contributed by atoms with Gasteiger partial charge in [0, 0.05) is 12.1 Å². The fourth-order valence-electron chi connectivity index (χ4n) is 2.30. The minimum Gasteiger partial charge on any atom is -0.465 e. The number of nitrogens with zero attached hydrogens (tertiary/aromatic N) is 1. The van der Waals surface area contributed by atoms with Crippen LogP contribution in [0.4, 0.5) is 4.79 Å². The molecule has 0 aromatic rings. The van der Waals surface area contributed by atoms with Gasteiger partial charge in [0.05, 0.1) is 11.6 Å². The molecule has 1 aliphatic rings. The van der Waals surface area contributed by atoms with Crippen LogP contribution in [0.25, 0.3) is 0 Å². The van der Waals surface area contributed by atoms with Crippen LogP contribution in [-0.2, 0) is 0 Å². The summed E-state index contributed by atoms with van der Waals surface area (Å²) in [4.78, 5) is 12.7. The predicted octanol–water partition coefficient (Wildman–Crippen LogP) is 0.878. The van der Waals surface area contributed by atoms with Crippen LogP contribution in [0.2, 0.25) is 0 Å². The number of piperidine rings is 1. The highest BCUT2D eigenvalue weighted by molar-refractivity contribution is 5.66. The molecule has 0 radical (unpaired) electrons. The second-order valence-corrected chi connectivity index (χ2v) is 5.66. The van der Waals surface area contributed by atoms with Crippen LogP contribution in [0.1, 0.15) is 34.1 Å². The Kier molecular flexibility index (Phi) is 3.50. The molecule has 0 spiro atoms. The molecule has 0 saturated carbocycles. The van der Waals surface area contributed by atoms with Crippen molar-refractivity contribution in [2.45, 2.75) is 51.3 Å². The number of aliphatic hydroxyl groups is 1. The number of hydrogen-bond donors (Lipinski definition) is 3. The monoisotopic (exact) mass is 230 g/mol. The summed E-state index contributed by atoms with van der Waals surface area (Å²) < 4.78 is 0. The van der Waals surface area contributed by atoms with E-state index >= 15 is 0 Å². The third-order valence-corrected chi connectivity index (χ3v) is 3.04. The fourth-order valence-corrected chi connectivity index (χ4v) is 2.30. The summed E-state index contributed by atoms with van der Waals surface area (Å²) in [7, 11) is 0. The van der Waals surface area contributed by atoms with E-state index in [4.69, 9.17) is 0 Å². The number of hydrogen-bond acceptors (Lipinski definition) is 3. The summed E-state index contributed by atoms with van der Waals surface area (Å²) in [5, 5.41) is 22.6. The molecular formula is C11H22N2O3. The average molecular weight is 230 g/mol. The maximum Gasteiger partial charge on any atom is 0.408 e. The standard InChI is InChI=1S/C11H22N2O3/c1-10(2,3)13(9(14)15)8-5-6-12-7-11(8,4)16/h8,12,16H,5-7H2,1-4H3,(H,14,15)/t8-,11+/m1/s1. The molecule has 0 bridgehead atoms. The smallest absolute Gasteiger partial charge is 0.408 e. The predicted molar refractivity (Wildman–Crippen MR) is 61.5 cm³/mol. The van der Waals surface area contributed by atoms with Crippen LogP contribution < -0.4 is 5.32 Å². The molecule has 3 N–H and O–H groups in total. The molecule has 1 amide bonds. The zero-order chi connectivity index (χ0) is 12.6. The van der Waals surface area contributed by atoms with Gasteiger partial charge >= 0.3 is 6.09 Å². The third kappa shape index (κ3) is 2.65. The normalized spacial score (nSPS) is 31.2. The maximum absolute atomic E-state index is 11.3. The van der Waals surface area contributed by atoms with Gasteiger partial charge in [-0.25, -0.2) is 4.79 Å². The van der Waals surface area contributed by atoms with Crippen molar-refractivity contribution in [3.8, 4) is 0 Å². The Balaban J connectivity index is 2.98. The summed E-state index contributed by atoms with van der Waals surface area (Å²) in [6.07, 6.45) is -0.337. The van der Waals surface area contributed by atoms with Crippen molar-refractivity contribution in [3.63, 3.8) is 0 Å². The molecule has 1 rings (SSSR count). The second kappa shape index (κ2) is 4.22. The molecule has 0 aromatic carbocycles. The number of amides is 1. The molecule has 1 fully saturated rings. The third-order valence-electron chi connectivity index (χ3n) is 3.04. The highest BCUT2D eigenvalue weighted by Crippen LogP contribution is 2.28. The van der Waals surface area contributed by atoms with Gasteiger partial charge < -0.3 is 15.5 Å². The Labute approximate surface area is 96.4 Å². The largest absolute Gasteiger partial charge is 0.465 e. The van der Waals surface area contributed by atoms with Crippen LogP contribution in [0, 0.1) is 0 Å². The zero-order valence-corrected chi connectivity index (χ0v) is 10.4. The Morgan fingerprint density at radius 2 is 2.06 bits per heavy atom. The number of nitrogens with one attached hydrogen (secondary N) is 1. The number of carbonyl (C=O) groups is 1. The van der Waals surface area contributed by atoms with E-state index in [1.165, 1.54) is 4.90 Å². The van der Waals surface area contributed by atoms with Gasteiger partial charge in [-0.3, -0.25) is 4.90 Å². The van der Waals surface area contributed by atoms with E-state index in [0.29, 0.717) is 13.0 Å². The van der Waals surface area contributed by atoms with E-state index in [-0.39, 0.29) is 6.04 Å². The van der Waals surface area contributed by atoms with Crippen molar-refractivity contribution in [1.82, 2.24) is 10.2 Å². The summed E-state index contributed by atoms with van der Waals surface area (Å²) in [5.41, 5.74) is -1.51. The lowest BCUT2D eigenvalue weighted by Gasteiger charge is -2.48. The Bertz CT molecular complexity index is 271. The lowest BCUT2D eigenvalue weighted by Crippen LogP contribution is -2.65. The molecule has 5 heteroatoms. The van der Waals surface area contributed by atoms with E-state index in [9.17, 15) is 15.0 Å². The van der Waals surface area contributed by atoms with E-state index < -0.39 is 17.2 Å². The average Bonchev–Trinajstić information content (AvgIpc) is 2.05. The molecular weight excluding hydrogens is 208 g/mol. The first kappa shape index (κ1) is 13.3. The van der Waals surface area contributed by atoms with Gasteiger partial charge in [0.2, 0.25) is 0 Å². The molecule has 0 aliphatic carbocycles. The second-order valence-electron chi connectivity index (χ2n) is 5.66. The Hall–Kier alpha value is -0.810. The van der Waals surface area contributed by atoms with Crippen molar-refractivity contribution in [2.75, 3.05) is 13.1 Å². The molecule has 94 valence electrons. The van der Waals surface area contributed by atoms with E-state index in [1.54, 1.807) is 6.92 Å². The summed E-state index contributed by atoms with van der Waals surface area (Å²) in [6.45, 7) is 8.39. The van der Waals surface area contributed by atoms with Crippen LogP contribution in [0.5, 0.6) is 0 Å². The molecule has 16 heavy (non-hydrogen) atoms. The van der Waals surface area contributed by atoms with Crippen LogP contribution in [0.3, 0.4) is 0 Å². The fraction of sp³-hybridized carbons (Fsp3) is 0.909. The van der Waals surface area contributed by atoms with Gasteiger partial charge in [-0.05, 0) is 40.7 Å². The van der Waals surface area contributed by atoms with E-state index in [0.717, 1.165) is 6.54 Å². The van der Waals surface area contributed by atoms with Crippen molar-refractivity contribution in [3.05, 3.63) is 0 Å². The van der Waals surface area contributed by atoms with E-state index in [1.807, 2.05) is 20.8 Å². The molecule has 2 atom stereocenters. The Morgan fingerprint density at radius 3 is 2.44 bits per heavy atom. The molecule has 5 nitrogen and oxygen atoms in total. The van der Waals surface area contributed by atoms with Crippen molar-refractivity contribution in [2.24, 2.45) is 0 Å². The van der Waals surface area contributed by atoms with Crippen LogP contribution in [0.15, 0.2) is 0 Å². The minimum atomic E-state index is -1.01. The molecule has 0 unspecified atom stereocenters. The van der Waals surface area contributed by atoms with Crippen LogP contribution >= 0.6 is 0 Å². The van der Waals surface area contributed by atoms with Crippen molar-refractivity contribution in [1.29, 1.82) is 0 Å². The van der Waals surface area contributed by atoms with E-state index in [2.05, 4.69) is 5.32 Å². The van der Waals surface area contributed by atoms with Gasteiger partial charge in [-0.2, -0.15) is 0 Å². The van der Waals surface area contributed by atoms with Gasteiger partial charge in [0.25, 0.3) is 0 Å². The summed E-state index contributed by atoms with van der Waals surface area (Å²) >= 11 is 0. The first-order valence-electron chi connectivity index (χ1n) is 5.61. The number of β-amino-alcohol motifs (C(OH)–C–C–N with tert-alkyl or cyclic N) is 1. The van der Waals surface area contributed by atoms with Gasteiger partial charge in [0.15, 0.2) is 0 Å². The van der Waals surface area contributed by atoms with Crippen molar-refractivity contribution < 1.29 is 15.0 Å². The topological polar surface area (TPSA) is 72.8 Å². The molecule has 1 saturated heterocycles. The van der Waals surface area contributed by atoms with Gasteiger partial charge in [-0.1, -0.05) is 0 Å². The molecule has 0 aromatic heterocycles. The molecule has 1 aliphatic heterocycles. The maximum atomic E-state index is 11.3. The highest BCUT2D eigenvalue weighted by Gasteiger charge is 2.44. The lowest BCUT2D eigenvalue weighted by atomic mass is 9.86. The SMILES string of the molecule is CC(C)(C)N(C(=O)O)[C@@H]1CCNC[C@]1(C)O.